The monoisotopic (exact) mass is 410 g/mol. The molecule has 5 heteroatoms. The lowest BCUT2D eigenvalue weighted by Gasteiger charge is -2.32. The van der Waals surface area contributed by atoms with Gasteiger partial charge in [0.25, 0.3) is 0 Å². The van der Waals surface area contributed by atoms with Gasteiger partial charge in [0, 0.05) is 29.7 Å². The normalized spacial score (nSPS) is 15.8. The number of hydrogen-bond acceptors (Lipinski definition) is 4. The topological polar surface area (TPSA) is 41.9 Å². The maximum Gasteiger partial charge on any atom is 0.227 e. The first-order valence-electron chi connectivity index (χ1n) is 10.4. The van der Waals surface area contributed by atoms with Gasteiger partial charge in [-0.3, -0.25) is 9.79 Å². The molecule has 1 aromatic carbocycles. The van der Waals surface area contributed by atoms with Gasteiger partial charge in [-0.2, -0.15) is 0 Å². The number of likely N-dealkylation sites (tertiary alicyclic amines) is 1. The van der Waals surface area contributed by atoms with E-state index < -0.39 is 0 Å². The van der Waals surface area contributed by atoms with Crippen molar-refractivity contribution >= 4 is 29.2 Å². The summed E-state index contributed by atoms with van der Waals surface area (Å²) in [6.45, 7) is 6.33. The standard InChI is InChI=1S/C24H30N2O2S/c1-3-22(25-4-2)21-9-5-6-10-23(21)28-16-13-19-11-14-26(15-12-19)24(27)18-20-8-7-17-29-20/h3-10,17,19H,11-16,18H2,1-2H3/b22-3-,25-4?. The molecule has 0 spiro atoms. The van der Waals surface area contributed by atoms with Gasteiger partial charge in [0.1, 0.15) is 5.75 Å². The third-order valence-electron chi connectivity index (χ3n) is 5.36. The molecule has 0 saturated carbocycles. The lowest BCUT2D eigenvalue weighted by Crippen LogP contribution is -2.39. The number of rotatable bonds is 8. The molecule has 2 heterocycles. The van der Waals surface area contributed by atoms with E-state index in [9.17, 15) is 4.79 Å². The Morgan fingerprint density at radius 2 is 2.00 bits per heavy atom. The molecule has 0 aliphatic carbocycles. The van der Waals surface area contributed by atoms with E-state index in [-0.39, 0.29) is 5.91 Å². The molecule has 1 fully saturated rings. The van der Waals surface area contributed by atoms with Crippen LogP contribution < -0.4 is 4.74 Å². The SMILES string of the molecule is CC=N/C(=C\C)c1ccccc1OCCC1CCN(C(=O)Cc2cccs2)CC1. The van der Waals surface area contributed by atoms with Crippen LogP contribution in [0.1, 0.15) is 43.6 Å². The fourth-order valence-electron chi connectivity index (χ4n) is 3.72. The van der Waals surface area contributed by atoms with Crippen molar-refractivity contribution < 1.29 is 9.53 Å². The highest BCUT2D eigenvalue weighted by Gasteiger charge is 2.23. The van der Waals surface area contributed by atoms with Gasteiger partial charge in [-0.15, -0.1) is 11.3 Å². The Hall–Kier alpha value is -2.40. The molecule has 1 amide bonds. The van der Waals surface area contributed by atoms with Crippen LogP contribution in [0.5, 0.6) is 5.75 Å². The molecule has 0 atom stereocenters. The minimum Gasteiger partial charge on any atom is -0.493 e. The molecule has 4 nitrogen and oxygen atoms in total. The predicted octanol–water partition coefficient (Wildman–Crippen LogP) is 5.45. The van der Waals surface area contributed by atoms with Crippen LogP contribution in [0.15, 0.2) is 52.8 Å². The van der Waals surface area contributed by atoms with Gasteiger partial charge in [0.15, 0.2) is 0 Å². The number of allylic oxidation sites excluding steroid dienone is 1. The van der Waals surface area contributed by atoms with Crippen LogP contribution in [-0.2, 0) is 11.2 Å². The largest absolute Gasteiger partial charge is 0.493 e. The van der Waals surface area contributed by atoms with Crippen LogP contribution in [0.25, 0.3) is 5.70 Å². The maximum atomic E-state index is 12.4. The minimum absolute atomic E-state index is 0.256. The zero-order chi connectivity index (χ0) is 20.5. The molecule has 0 bridgehead atoms. The second-order valence-corrected chi connectivity index (χ2v) is 8.31. The van der Waals surface area contributed by atoms with Crippen molar-refractivity contribution in [2.75, 3.05) is 19.7 Å². The fourth-order valence-corrected chi connectivity index (χ4v) is 4.42. The van der Waals surface area contributed by atoms with Crippen LogP contribution in [-0.4, -0.2) is 36.7 Å². The Morgan fingerprint density at radius 1 is 1.21 bits per heavy atom. The molecule has 154 valence electrons. The molecule has 1 aliphatic heterocycles. The summed E-state index contributed by atoms with van der Waals surface area (Å²) in [7, 11) is 0. The number of aliphatic imine (C=N–C) groups is 1. The van der Waals surface area contributed by atoms with E-state index in [1.54, 1.807) is 17.6 Å². The van der Waals surface area contributed by atoms with Gasteiger partial charge in [-0.1, -0.05) is 24.3 Å². The number of thiophene rings is 1. The number of carbonyl (C=O) groups is 1. The summed E-state index contributed by atoms with van der Waals surface area (Å²) in [5, 5.41) is 2.03. The van der Waals surface area contributed by atoms with Gasteiger partial charge in [0.05, 0.1) is 18.7 Å². The molecule has 3 rings (SSSR count). The number of nitrogens with zero attached hydrogens (tertiary/aromatic N) is 2. The van der Waals surface area contributed by atoms with E-state index >= 15 is 0 Å². The Bertz CT molecular complexity index is 834. The molecule has 0 unspecified atom stereocenters. The molecule has 0 radical (unpaired) electrons. The number of piperidine rings is 1. The van der Waals surface area contributed by atoms with Gasteiger partial charge >= 0.3 is 0 Å². The summed E-state index contributed by atoms with van der Waals surface area (Å²) in [5.74, 6) is 1.75. The van der Waals surface area contributed by atoms with E-state index in [1.165, 1.54) is 0 Å². The summed E-state index contributed by atoms with van der Waals surface area (Å²) in [5.41, 5.74) is 1.96. The van der Waals surface area contributed by atoms with Gasteiger partial charge in [-0.25, -0.2) is 0 Å². The second kappa shape index (κ2) is 11.0. The molecule has 29 heavy (non-hydrogen) atoms. The van der Waals surface area contributed by atoms with Crippen molar-refractivity contribution in [2.24, 2.45) is 10.9 Å². The number of ether oxygens (including phenoxy) is 1. The van der Waals surface area contributed by atoms with E-state index in [4.69, 9.17) is 4.74 Å². The number of para-hydroxylation sites is 1. The van der Waals surface area contributed by atoms with Crippen molar-refractivity contribution in [3.63, 3.8) is 0 Å². The molecule has 1 aromatic heterocycles. The zero-order valence-corrected chi connectivity index (χ0v) is 18.2. The molecular formula is C24H30N2O2S. The number of amides is 1. The number of hydrogen-bond donors (Lipinski definition) is 0. The minimum atomic E-state index is 0.256. The Labute approximate surface area is 177 Å². The van der Waals surface area contributed by atoms with Crippen LogP contribution in [0.2, 0.25) is 0 Å². The average molecular weight is 411 g/mol. The Morgan fingerprint density at radius 3 is 2.69 bits per heavy atom. The van der Waals surface area contributed by atoms with Gasteiger partial charge in [-0.05, 0) is 62.6 Å². The van der Waals surface area contributed by atoms with E-state index in [2.05, 4.69) is 11.1 Å². The van der Waals surface area contributed by atoms with E-state index in [0.717, 1.165) is 54.2 Å². The molecule has 1 saturated heterocycles. The summed E-state index contributed by atoms with van der Waals surface area (Å²) in [4.78, 5) is 20.1. The summed E-state index contributed by atoms with van der Waals surface area (Å²) in [6.07, 6.45) is 7.48. The highest BCUT2D eigenvalue weighted by atomic mass is 32.1. The first-order valence-corrected chi connectivity index (χ1v) is 11.3. The first-order chi connectivity index (χ1) is 14.2. The van der Waals surface area contributed by atoms with Crippen LogP contribution in [0.4, 0.5) is 0 Å². The van der Waals surface area contributed by atoms with Gasteiger partial charge < -0.3 is 9.64 Å². The van der Waals surface area contributed by atoms with Crippen LogP contribution in [0.3, 0.4) is 0 Å². The summed E-state index contributed by atoms with van der Waals surface area (Å²) < 4.78 is 6.12. The second-order valence-electron chi connectivity index (χ2n) is 7.27. The quantitative estimate of drug-likeness (QED) is 0.543. The lowest BCUT2D eigenvalue weighted by atomic mass is 9.93. The molecular weight excluding hydrogens is 380 g/mol. The number of carbonyl (C=O) groups excluding carboxylic acids is 1. The van der Waals surface area contributed by atoms with E-state index in [1.807, 2.05) is 60.5 Å². The highest BCUT2D eigenvalue weighted by molar-refractivity contribution is 7.10. The van der Waals surface area contributed by atoms with Crippen molar-refractivity contribution in [2.45, 2.75) is 39.5 Å². The first kappa shape index (κ1) is 21.3. The Kier molecular flexibility index (Phi) is 8.05. The van der Waals surface area contributed by atoms with Gasteiger partial charge in [0.2, 0.25) is 5.91 Å². The fraction of sp³-hybridized carbons (Fsp3) is 0.417. The molecule has 0 N–H and O–H groups in total. The van der Waals surface area contributed by atoms with E-state index in [0.29, 0.717) is 18.9 Å². The smallest absolute Gasteiger partial charge is 0.227 e. The lowest BCUT2D eigenvalue weighted by molar-refractivity contribution is -0.131. The Balaban J connectivity index is 1.45. The van der Waals surface area contributed by atoms with Crippen molar-refractivity contribution in [3.8, 4) is 5.75 Å². The average Bonchev–Trinajstić information content (AvgIpc) is 3.26. The molecule has 1 aliphatic rings. The zero-order valence-electron chi connectivity index (χ0n) is 17.3. The maximum absolute atomic E-state index is 12.4. The highest BCUT2D eigenvalue weighted by Crippen LogP contribution is 2.28. The third kappa shape index (κ3) is 6.04. The van der Waals surface area contributed by atoms with Crippen LogP contribution >= 0.6 is 11.3 Å². The third-order valence-corrected chi connectivity index (χ3v) is 6.24. The molecule has 2 aromatic rings. The number of benzene rings is 1. The van der Waals surface area contributed by atoms with Crippen LogP contribution in [0, 0.1) is 5.92 Å². The van der Waals surface area contributed by atoms with Crippen molar-refractivity contribution in [1.29, 1.82) is 0 Å². The summed E-state index contributed by atoms with van der Waals surface area (Å²) >= 11 is 1.66. The predicted molar refractivity (Wildman–Crippen MR) is 122 cm³/mol. The summed E-state index contributed by atoms with van der Waals surface area (Å²) in [6, 6.07) is 12.1. The van der Waals surface area contributed by atoms with Crippen molar-refractivity contribution in [3.05, 3.63) is 58.3 Å². The van der Waals surface area contributed by atoms with Crippen molar-refractivity contribution in [1.82, 2.24) is 4.90 Å².